The van der Waals surface area contributed by atoms with Crippen LogP contribution in [-0.4, -0.2) is 27.3 Å². The van der Waals surface area contributed by atoms with E-state index < -0.39 is 0 Å². The van der Waals surface area contributed by atoms with E-state index >= 15 is 0 Å². The van der Waals surface area contributed by atoms with Crippen LogP contribution in [0.25, 0.3) is 0 Å². The molecule has 7 nitrogen and oxygen atoms in total. The van der Waals surface area contributed by atoms with E-state index in [1.165, 1.54) is 0 Å². The molecule has 0 atom stereocenters. The number of carbonyl (C=O) groups excluding carboxylic acids is 1. The Bertz CT molecular complexity index is 567. The molecule has 1 aromatic carbocycles. The highest BCUT2D eigenvalue weighted by Gasteiger charge is 2.06. The maximum Gasteiger partial charge on any atom is 0.258 e. The third-order valence-corrected chi connectivity index (χ3v) is 2.53. The summed E-state index contributed by atoms with van der Waals surface area (Å²) in [5.74, 6) is 0.926. The number of ether oxygens (including phenoxy) is 1. The van der Waals surface area contributed by atoms with Gasteiger partial charge in [-0.1, -0.05) is 12.1 Å². The summed E-state index contributed by atoms with van der Waals surface area (Å²) in [5.41, 5.74) is 6.20. The van der Waals surface area contributed by atoms with Crippen LogP contribution in [0.15, 0.2) is 30.6 Å². The second-order valence-electron chi connectivity index (χ2n) is 3.96. The van der Waals surface area contributed by atoms with Gasteiger partial charge in [0.15, 0.2) is 12.4 Å². The second-order valence-corrected chi connectivity index (χ2v) is 3.96. The van der Waals surface area contributed by atoms with Crippen molar-refractivity contribution >= 4 is 11.6 Å². The molecule has 0 spiro atoms. The predicted octanol–water partition coefficient (Wildman–Crippen LogP) is 0.0925. The number of carbonyl (C=O) groups is 1. The van der Waals surface area contributed by atoms with E-state index in [1.54, 1.807) is 35.2 Å². The molecule has 3 N–H and O–H groups in total. The molecular weight excluding hydrogens is 246 g/mol. The van der Waals surface area contributed by atoms with Gasteiger partial charge in [0.1, 0.15) is 12.1 Å². The fourth-order valence-corrected chi connectivity index (χ4v) is 1.45. The molecule has 1 amide bonds. The predicted molar refractivity (Wildman–Crippen MR) is 69.2 cm³/mol. The van der Waals surface area contributed by atoms with Crippen molar-refractivity contribution in [1.29, 1.82) is 0 Å². The second kappa shape index (κ2) is 5.85. The van der Waals surface area contributed by atoms with Crippen LogP contribution in [0.5, 0.6) is 5.75 Å². The van der Waals surface area contributed by atoms with Gasteiger partial charge in [0.25, 0.3) is 5.91 Å². The van der Waals surface area contributed by atoms with Crippen molar-refractivity contribution < 1.29 is 9.53 Å². The number of benzene rings is 1. The van der Waals surface area contributed by atoms with Gasteiger partial charge < -0.3 is 20.4 Å². The number of nitrogens with one attached hydrogen (secondary N) is 1. The van der Waals surface area contributed by atoms with Gasteiger partial charge in [-0.15, -0.1) is 10.2 Å². The summed E-state index contributed by atoms with van der Waals surface area (Å²) in [6.45, 7) is 0.217. The molecule has 100 valence electrons. The molecule has 1 heterocycles. The van der Waals surface area contributed by atoms with Gasteiger partial charge in [-0.25, -0.2) is 0 Å². The Morgan fingerprint density at radius 2 is 2.26 bits per heavy atom. The first-order valence-electron chi connectivity index (χ1n) is 5.73. The lowest BCUT2D eigenvalue weighted by Crippen LogP contribution is -2.29. The number of nitrogens with two attached hydrogens (primary N) is 1. The summed E-state index contributed by atoms with van der Waals surface area (Å²) in [5, 5.41) is 10.3. The highest BCUT2D eigenvalue weighted by Crippen LogP contribution is 2.19. The molecule has 0 bridgehead atoms. The molecule has 0 radical (unpaired) electrons. The van der Waals surface area contributed by atoms with Crippen molar-refractivity contribution in [1.82, 2.24) is 20.1 Å². The summed E-state index contributed by atoms with van der Waals surface area (Å²) < 4.78 is 7.05. The Labute approximate surface area is 110 Å². The van der Waals surface area contributed by atoms with Gasteiger partial charge in [0.05, 0.1) is 12.2 Å². The molecule has 0 aliphatic heterocycles. The van der Waals surface area contributed by atoms with Gasteiger partial charge in [-0.2, -0.15) is 0 Å². The summed E-state index contributed by atoms with van der Waals surface area (Å²) in [6, 6.07) is 7.03. The van der Waals surface area contributed by atoms with Crippen molar-refractivity contribution in [2.45, 2.75) is 6.54 Å². The van der Waals surface area contributed by atoms with Crippen LogP contribution >= 0.6 is 0 Å². The van der Waals surface area contributed by atoms with Gasteiger partial charge in [0.2, 0.25) is 0 Å². The minimum absolute atomic E-state index is 0.0912. The van der Waals surface area contributed by atoms with Crippen LogP contribution in [0, 0.1) is 0 Å². The molecule has 2 aromatic rings. The van der Waals surface area contributed by atoms with E-state index in [-0.39, 0.29) is 12.5 Å². The molecule has 19 heavy (non-hydrogen) atoms. The molecule has 1 aromatic heterocycles. The van der Waals surface area contributed by atoms with E-state index in [4.69, 9.17) is 10.5 Å². The zero-order chi connectivity index (χ0) is 13.7. The fraction of sp³-hybridized carbons (Fsp3) is 0.250. The van der Waals surface area contributed by atoms with Crippen LogP contribution in [0.2, 0.25) is 0 Å². The van der Waals surface area contributed by atoms with Crippen LogP contribution < -0.4 is 15.8 Å². The van der Waals surface area contributed by atoms with Crippen LogP contribution in [0.3, 0.4) is 0 Å². The summed E-state index contributed by atoms with van der Waals surface area (Å²) in [7, 11) is 1.81. The summed E-state index contributed by atoms with van der Waals surface area (Å²) >= 11 is 0. The average Bonchev–Trinajstić information content (AvgIpc) is 2.81. The number of rotatable bonds is 5. The largest absolute Gasteiger partial charge is 0.482 e. The molecule has 0 saturated heterocycles. The fourth-order valence-electron chi connectivity index (χ4n) is 1.45. The maximum absolute atomic E-state index is 11.6. The zero-order valence-corrected chi connectivity index (χ0v) is 10.5. The highest BCUT2D eigenvalue weighted by atomic mass is 16.5. The average molecular weight is 261 g/mol. The first-order valence-corrected chi connectivity index (χ1v) is 5.73. The quantitative estimate of drug-likeness (QED) is 0.744. The van der Waals surface area contributed by atoms with Crippen molar-refractivity contribution in [2.75, 3.05) is 12.3 Å². The van der Waals surface area contributed by atoms with E-state index in [9.17, 15) is 4.79 Å². The van der Waals surface area contributed by atoms with Crippen LogP contribution in [-0.2, 0) is 18.4 Å². The standard InChI is InChI=1S/C12H15N5O2/c1-17-8-15-16-11(17)6-14-12(18)7-19-10-5-3-2-4-9(10)13/h2-5,8H,6-7,13H2,1H3,(H,14,18). The third kappa shape index (κ3) is 3.44. The molecule has 0 fully saturated rings. The number of hydrogen-bond donors (Lipinski definition) is 2. The number of para-hydroxylation sites is 2. The Morgan fingerprint density at radius 1 is 1.47 bits per heavy atom. The SMILES string of the molecule is Cn1cnnc1CNC(=O)COc1ccccc1N. The number of nitrogens with zero attached hydrogens (tertiary/aromatic N) is 3. The van der Waals surface area contributed by atoms with Crippen molar-refractivity contribution in [3.8, 4) is 5.75 Å². The van der Waals surface area contributed by atoms with Crippen molar-refractivity contribution in [3.05, 3.63) is 36.4 Å². The normalized spacial score (nSPS) is 10.2. The van der Waals surface area contributed by atoms with Crippen molar-refractivity contribution in [2.24, 2.45) is 7.05 Å². The topological polar surface area (TPSA) is 95.1 Å². The first kappa shape index (κ1) is 12.9. The lowest BCUT2D eigenvalue weighted by atomic mass is 10.3. The van der Waals surface area contributed by atoms with E-state index in [1.807, 2.05) is 7.05 Å². The highest BCUT2D eigenvalue weighted by molar-refractivity contribution is 5.77. The summed E-state index contributed by atoms with van der Waals surface area (Å²) in [4.78, 5) is 11.6. The lowest BCUT2D eigenvalue weighted by Gasteiger charge is -2.08. The van der Waals surface area contributed by atoms with Gasteiger partial charge >= 0.3 is 0 Å². The number of nitrogen functional groups attached to an aromatic ring is 1. The molecule has 2 rings (SSSR count). The molecule has 0 saturated carbocycles. The third-order valence-electron chi connectivity index (χ3n) is 2.53. The van der Waals surface area contributed by atoms with Gasteiger partial charge in [0, 0.05) is 7.05 Å². The molecular formula is C12H15N5O2. The number of anilines is 1. The van der Waals surface area contributed by atoms with Crippen molar-refractivity contribution in [3.63, 3.8) is 0 Å². The van der Waals surface area contributed by atoms with E-state index in [2.05, 4.69) is 15.5 Å². The summed E-state index contributed by atoms with van der Waals surface area (Å²) in [6.07, 6.45) is 1.57. The molecule has 0 unspecified atom stereocenters. The monoisotopic (exact) mass is 261 g/mol. The Balaban J connectivity index is 1.79. The smallest absolute Gasteiger partial charge is 0.258 e. The molecule has 0 aliphatic rings. The Hall–Kier alpha value is -2.57. The molecule has 7 heteroatoms. The number of hydrogen-bond acceptors (Lipinski definition) is 5. The zero-order valence-electron chi connectivity index (χ0n) is 10.5. The first-order chi connectivity index (χ1) is 9.16. The maximum atomic E-state index is 11.6. The molecule has 0 aliphatic carbocycles. The number of amides is 1. The van der Waals surface area contributed by atoms with Gasteiger partial charge in [-0.3, -0.25) is 4.79 Å². The van der Waals surface area contributed by atoms with E-state index in [0.717, 1.165) is 0 Å². The Morgan fingerprint density at radius 3 is 2.95 bits per heavy atom. The lowest BCUT2D eigenvalue weighted by molar-refractivity contribution is -0.123. The number of aromatic nitrogens is 3. The van der Waals surface area contributed by atoms with E-state index in [0.29, 0.717) is 23.8 Å². The van der Waals surface area contributed by atoms with Crippen LogP contribution in [0.1, 0.15) is 5.82 Å². The van der Waals surface area contributed by atoms with Gasteiger partial charge in [-0.05, 0) is 12.1 Å². The Kier molecular flexibility index (Phi) is 3.97. The minimum Gasteiger partial charge on any atom is -0.482 e. The number of aryl methyl sites for hydroxylation is 1. The van der Waals surface area contributed by atoms with Crippen LogP contribution in [0.4, 0.5) is 5.69 Å². The minimum atomic E-state index is -0.244.